The fourth-order valence-electron chi connectivity index (χ4n) is 1.23. The number of aromatic nitrogens is 3. The second-order valence-corrected chi connectivity index (χ2v) is 4.52. The molecule has 0 aliphatic rings. The van der Waals surface area contributed by atoms with Crippen LogP contribution in [-0.4, -0.2) is 21.1 Å². The van der Waals surface area contributed by atoms with Gasteiger partial charge in [-0.2, -0.15) is 0 Å². The first kappa shape index (κ1) is 12.2. The summed E-state index contributed by atoms with van der Waals surface area (Å²) in [6.45, 7) is 3.39. The van der Waals surface area contributed by atoms with E-state index in [2.05, 4.69) is 26.0 Å². The first-order chi connectivity index (χ1) is 8.58. The van der Waals surface area contributed by atoms with Gasteiger partial charge in [0.2, 0.25) is 5.95 Å². The standard InChI is InChI=1S/C10H11N5O2S/c1-5-3-4-18-7(5)9(17)13-15-10-11-8(16)6(2)12-14-10/h3-4H,1-2H3,(H,13,17)(H2,11,14,15,16). The maximum absolute atomic E-state index is 11.7. The van der Waals surface area contributed by atoms with Crippen LogP contribution in [0.1, 0.15) is 20.9 Å². The van der Waals surface area contributed by atoms with Crippen molar-refractivity contribution < 1.29 is 4.79 Å². The average molecular weight is 265 g/mol. The van der Waals surface area contributed by atoms with Gasteiger partial charge in [-0.1, -0.05) is 0 Å². The zero-order valence-electron chi connectivity index (χ0n) is 9.77. The predicted molar refractivity (Wildman–Crippen MR) is 67.5 cm³/mol. The van der Waals surface area contributed by atoms with Crippen LogP contribution in [0.15, 0.2) is 16.2 Å². The van der Waals surface area contributed by atoms with Crippen molar-refractivity contribution in [3.63, 3.8) is 0 Å². The van der Waals surface area contributed by atoms with Crippen LogP contribution in [0.4, 0.5) is 5.95 Å². The van der Waals surface area contributed by atoms with E-state index in [0.717, 1.165) is 5.56 Å². The molecule has 0 radical (unpaired) electrons. The van der Waals surface area contributed by atoms with Crippen LogP contribution in [0, 0.1) is 13.8 Å². The lowest BCUT2D eigenvalue weighted by molar-refractivity contribution is 0.0965. The lowest BCUT2D eigenvalue weighted by atomic mass is 10.3. The van der Waals surface area contributed by atoms with E-state index in [-0.39, 0.29) is 23.1 Å². The van der Waals surface area contributed by atoms with Crippen molar-refractivity contribution in [3.8, 4) is 0 Å². The SMILES string of the molecule is Cc1ccsc1C(=O)NNc1nnc(C)c(=O)[nH]1. The van der Waals surface area contributed by atoms with Crippen LogP contribution in [0.25, 0.3) is 0 Å². The van der Waals surface area contributed by atoms with E-state index in [1.165, 1.54) is 11.3 Å². The summed E-state index contributed by atoms with van der Waals surface area (Å²) < 4.78 is 0. The number of carbonyl (C=O) groups is 1. The van der Waals surface area contributed by atoms with Gasteiger partial charge in [-0.25, -0.2) is 0 Å². The molecule has 0 saturated carbocycles. The Labute approximate surface area is 106 Å². The van der Waals surface area contributed by atoms with Crippen molar-refractivity contribution in [1.29, 1.82) is 0 Å². The summed E-state index contributed by atoms with van der Waals surface area (Å²) in [4.78, 5) is 26.0. The molecule has 18 heavy (non-hydrogen) atoms. The third-order valence-electron chi connectivity index (χ3n) is 2.22. The highest BCUT2D eigenvalue weighted by molar-refractivity contribution is 7.12. The molecule has 0 unspecified atom stereocenters. The first-order valence-electron chi connectivity index (χ1n) is 5.12. The predicted octanol–water partition coefficient (Wildman–Crippen LogP) is 0.600. The van der Waals surface area contributed by atoms with Crippen molar-refractivity contribution in [1.82, 2.24) is 20.6 Å². The van der Waals surface area contributed by atoms with Gasteiger partial charge in [-0.15, -0.1) is 21.5 Å². The Balaban J connectivity index is 2.04. The molecule has 94 valence electrons. The van der Waals surface area contributed by atoms with Gasteiger partial charge in [0.15, 0.2) is 0 Å². The van der Waals surface area contributed by atoms with E-state index >= 15 is 0 Å². The molecule has 0 bridgehead atoms. The first-order valence-corrected chi connectivity index (χ1v) is 6.00. The summed E-state index contributed by atoms with van der Waals surface area (Å²) in [7, 11) is 0. The number of hydrogen-bond donors (Lipinski definition) is 3. The zero-order chi connectivity index (χ0) is 13.1. The van der Waals surface area contributed by atoms with E-state index < -0.39 is 0 Å². The van der Waals surface area contributed by atoms with Crippen molar-refractivity contribution in [2.24, 2.45) is 0 Å². The van der Waals surface area contributed by atoms with E-state index in [1.807, 2.05) is 18.4 Å². The Kier molecular flexibility index (Phi) is 3.38. The summed E-state index contributed by atoms with van der Waals surface area (Å²) in [6.07, 6.45) is 0. The number of anilines is 1. The lowest BCUT2D eigenvalue weighted by Crippen LogP contribution is -2.31. The molecule has 7 nitrogen and oxygen atoms in total. The molecular formula is C10H11N5O2S. The number of thiophene rings is 1. The van der Waals surface area contributed by atoms with Gasteiger partial charge >= 0.3 is 0 Å². The molecule has 2 rings (SSSR count). The number of amides is 1. The molecule has 0 aromatic carbocycles. The fourth-order valence-corrected chi connectivity index (χ4v) is 2.05. The molecule has 8 heteroatoms. The van der Waals surface area contributed by atoms with Crippen LogP contribution in [0.2, 0.25) is 0 Å². The quantitative estimate of drug-likeness (QED) is 0.706. The molecular weight excluding hydrogens is 254 g/mol. The van der Waals surface area contributed by atoms with E-state index in [0.29, 0.717) is 4.88 Å². The molecule has 3 N–H and O–H groups in total. The zero-order valence-corrected chi connectivity index (χ0v) is 10.6. The van der Waals surface area contributed by atoms with Gasteiger partial charge in [0.1, 0.15) is 5.69 Å². The molecule has 2 heterocycles. The molecule has 2 aromatic rings. The summed E-state index contributed by atoms with van der Waals surface area (Å²) in [5, 5.41) is 9.15. The highest BCUT2D eigenvalue weighted by Gasteiger charge is 2.10. The third kappa shape index (κ3) is 2.54. The summed E-state index contributed by atoms with van der Waals surface area (Å²) in [5.74, 6) is -0.195. The molecule has 0 aliphatic heterocycles. The van der Waals surface area contributed by atoms with E-state index in [1.54, 1.807) is 6.92 Å². The Morgan fingerprint density at radius 3 is 2.78 bits per heavy atom. The van der Waals surface area contributed by atoms with Crippen LogP contribution in [0.3, 0.4) is 0 Å². The number of nitrogens with zero attached hydrogens (tertiary/aromatic N) is 2. The van der Waals surface area contributed by atoms with Crippen molar-refractivity contribution >= 4 is 23.2 Å². The maximum Gasteiger partial charge on any atom is 0.280 e. The molecule has 2 aromatic heterocycles. The number of aryl methyl sites for hydroxylation is 2. The van der Waals surface area contributed by atoms with Gasteiger partial charge < -0.3 is 0 Å². The van der Waals surface area contributed by atoms with Crippen LogP contribution < -0.4 is 16.4 Å². The Hall–Kier alpha value is -2.22. The van der Waals surface area contributed by atoms with Gasteiger partial charge in [-0.05, 0) is 30.9 Å². The maximum atomic E-state index is 11.7. The number of hydrazine groups is 1. The minimum atomic E-state index is -0.353. The minimum absolute atomic E-state index is 0.0909. The Bertz CT molecular complexity index is 633. The third-order valence-corrected chi connectivity index (χ3v) is 3.24. The smallest absolute Gasteiger partial charge is 0.280 e. The minimum Gasteiger partial charge on any atom is -0.288 e. The molecule has 0 atom stereocenters. The van der Waals surface area contributed by atoms with E-state index in [9.17, 15) is 9.59 Å². The van der Waals surface area contributed by atoms with Gasteiger partial charge in [0.05, 0.1) is 4.88 Å². The number of H-pyrrole nitrogens is 1. The molecule has 0 spiro atoms. The average Bonchev–Trinajstić information content (AvgIpc) is 2.77. The van der Waals surface area contributed by atoms with Gasteiger partial charge in [0, 0.05) is 0 Å². The van der Waals surface area contributed by atoms with Crippen molar-refractivity contribution in [2.75, 3.05) is 5.43 Å². The Morgan fingerprint density at radius 2 is 2.17 bits per heavy atom. The van der Waals surface area contributed by atoms with Crippen LogP contribution >= 0.6 is 11.3 Å². The highest BCUT2D eigenvalue weighted by atomic mass is 32.1. The van der Waals surface area contributed by atoms with Crippen molar-refractivity contribution in [2.45, 2.75) is 13.8 Å². The number of nitrogens with one attached hydrogen (secondary N) is 3. The monoisotopic (exact) mass is 265 g/mol. The summed E-state index contributed by atoms with van der Waals surface area (Å²) >= 11 is 1.34. The Morgan fingerprint density at radius 1 is 1.39 bits per heavy atom. The second kappa shape index (κ2) is 4.96. The lowest BCUT2D eigenvalue weighted by Gasteiger charge is -2.06. The number of carbonyl (C=O) groups excluding carboxylic acids is 1. The van der Waals surface area contributed by atoms with Crippen LogP contribution in [-0.2, 0) is 0 Å². The van der Waals surface area contributed by atoms with Crippen LogP contribution in [0.5, 0.6) is 0 Å². The topological polar surface area (TPSA) is 99.8 Å². The number of aromatic amines is 1. The molecule has 0 fully saturated rings. The fraction of sp³-hybridized carbons (Fsp3) is 0.200. The molecule has 0 saturated heterocycles. The molecule has 0 aliphatic carbocycles. The number of hydrogen-bond acceptors (Lipinski definition) is 6. The number of rotatable bonds is 3. The summed E-state index contributed by atoms with van der Waals surface area (Å²) in [5.41, 5.74) is 5.75. The highest BCUT2D eigenvalue weighted by Crippen LogP contribution is 2.14. The molecule has 1 amide bonds. The summed E-state index contributed by atoms with van der Waals surface area (Å²) in [6, 6.07) is 1.85. The normalized spacial score (nSPS) is 10.1. The van der Waals surface area contributed by atoms with Crippen molar-refractivity contribution in [3.05, 3.63) is 37.9 Å². The van der Waals surface area contributed by atoms with E-state index in [4.69, 9.17) is 0 Å². The second-order valence-electron chi connectivity index (χ2n) is 3.60. The van der Waals surface area contributed by atoms with Gasteiger partial charge in [-0.3, -0.25) is 25.4 Å². The largest absolute Gasteiger partial charge is 0.288 e. The van der Waals surface area contributed by atoms with Gasteiger partial charge in [0.25, 0.3) is 11.5 Å².